The zero-order valence-electron chi connectivity index (χ0n) is 9.97. The maximum Gasteiger partial charge on any atom is 0.135 e. The molecule has 4 N–H and O–H groups in total. The number of rotatable bonds is 1. The Balaban J connectivity index is 2.33. The lowest BCUT2D eigenvalue weighted by atomic mass is 10.0. The summed E-state index contributed by atoms with van der Waals surface area (Å²) in [5.41, 5.74) is 13.0. The number of anilines is 2. The molecule has 0 fully saturated rings. The molecule has 94 valence electrons. The SMILES string of the molecule is Nc1ccc(-c2nccc3ccc(Cl)cc23)c(N)n1. The van der Waals surface area contributed by atoms with Crippen molar-refractivity contribution in [3.8, 4) is 11.3 Å². The molecule has 0 unspecified atom stereocenters. The van der Waals surface area contributed by atoms with E-state index in [0.717, 1.165) is 22.0 Å². The van der Waals surface area contributed by atoms with Crippen molar-refractivity contribution in [3.05, 3.63) is 47.6 Å². The third kappa shape index (κ3) is 2.06. The maximum atomic E-state index is 6.05. The Bertz CT molecular complexity index is 770. The summed E-state index contributed by atoms with van der Waals surface area (Å²) in [6, 6.07) is 11.1. The molecular weight excluding hydrogens is 260 g/mol. The highest BCUT2D eigenvalue weighted by molar-refractivity contribution is 6.31. The molecule has 0 saturated heterocycles. The second-order valence-corrected chi connectivity index (χ2v) is 4.63. The first-order chi connectivity index (χ1) is 9.15. The number of nitrogens with two attached hydrogens (primary N) is 2. The summed E-state index contributed by atoms with van der Waals surface area (Å²) < 4.78 is 0. The van der Waals surface area contributed by atoms with Crippen molar-refractivity contribution >= 4 is 34.0 Å². The van der Waals surface area contributed by atoms with Crippen LogP contribution in [0.2, 0.25) is 5.02 Å². The minimum Gasteiger partial charge on any atom is -0.384 e. The summed E-state index contributed by atoms with van der Waals surface area (Å²) in [6.45, 7) is 0. The van der Waals surface area contributed by atoms with Gasteiger partial charge in [-0.05, 0) is 35.7 Å². The number of hydrogen-bond acceptors (Lipinski definition) is 4. The third-order valence-electron chi connectivity index (χ3n) is 2.93. The molecule has 0 amide bonds. The van der Waals surface area contributed by atoms with Gasteiger partial charge in [0.05, 0.1) is 5.69 Å². The normalized spacial score (nSPS) is 10.8. The number of aromatic nitrogens is 2. The smallest absolute Gasteiger partial charge is 0.135 e. The van der Waals surface area contributed by atoms with Crippen LogP contribution < -0.4 is 11.5 Å². The van der Waals surface area contributed by atoms with Crippen molar-refractivity contribution in [1.29, 1.82) is 0 Å². The lowest BCUT2D eigenvalue weighted by Gasteiger charge is -2.08. The van der Waals surface area contributed by atoms with Crippen molar-refractivity contribution in [1.82, 2.24) is 9.97 Å². The van der Waals surface area contributed by atoms with Gasteiger partial charge in [0.15, 0.2) is 0 Å². The number of halogens is 1. The van der Waals surface area contributed by atoms with Gasteiger partial charge in [0.1, 0.15) is 11.6 Å². The highest BCUT2D eigenvalue weighted by Crippen LogP contribution is 2.31. The molecule has 0 radical (unpaired) electrons. The largest absolute Gasteiger partial charge is 0.384 e. The van der Waals surface area contributed by atoms with Crippen LogP contribution in [0.1, 0.15) is 0 Å². The monoisotopic (exact) mass is 270 g/mol. The summed E-state index contributed by atoms with van der Waals surface area (Å²) in [4.78, 5) is 8.45. The molecule has 0 aliphatic rings. The molecule has 2 heterocycles. The van der Waals surface area contributed by atoms with E-state index in [9.17, 15) is 0 Å². The minimum absolute atomic E-state index is 0.361. The fourth-order valence-corrected chi connectivity index (χ4v) is 2.22. The quantitative estimate of drug-likeness (QED) is 0.712. The Morgan fingerprint density at radius 3 is 2.63 bits per heavy atom. The summed E-state index contributed by atoms with van der Waals surface area (Å²) in [6.07, 6.45) is 1.74. The van der Waals surface area contributed by atoms with E-state index in [1.807, 2.05) is 30.3 Å². The Morgan fingerprint density at radius 2 is 1.84 bits per heavy atom. The molecule has 0 aliphatic heterocycles. The number of nitrogens with zero attached hydrogens (tertiary/aromatic N) is 2. The zero-order valence-corrected chi connectivity index (χ0v) is 10.7. The van der Waals surface area contributed by atoms with Crippen LogP contribution in [0.4, 0.5) is 11.6 Å². The molecule has 0 atom stereocenters. The van der Waals surface area contributed by atoms with E-state index in [2.05, 4.69) is 9.97 Å². The molecule has 19 heavy (non-hydrogen) atoms. The molecule has 3 aromatic rings. The molecule has 0 aliphatic carbocycles. The lowest BCUT2D eigenvalue weighted by Crippen LogP contribution is -1.99. The van der Waals surface area contributed by atoms with Gasteiger partial charge in [-0.25, -0.2) is 4.98 Å². The second kappa shape index (κ2) is 4.40. The van der Waals surface area contributed by atoms with Crippen molar-refractivity contribution in [3.63, 3.8) is 0 Å². The Kier molecular flexibility index (Phi) is 2.72. The van der Waals surface area contributed by atoms with Crippen molar-refractivity contribution in [2.24, 2.45) is 0 Å². The third-order valence-corrected chi connectivity index (χ3v) is 3.16. The van der Waals surface area contributed by atoms with E-state index in [1.165, 1.54) is 0 Å². The maximum absolute atomic E-state index is 6.05. The van der Waals surface area contributed by atoms with E-state index in [0.29, 0.717) is 16.7 Å². The Labute approximate surface area is 115 Å². The van der Waals surface area contributed by atoms with Gasteiger partial charge in [0.2, 0.25) is 0 Å². The molecular formula is C14H11ClN4. The van der Waals surface area contributed by atoms with Crippen LogP contribution in [0, 0.1) is 0 Å². The minimum atomic E-state index is 0.361. The van der Waals surface area contributed by atoms with E-state index in [4.69, 9.17) is 23.1 Å². The predicted molar refractivity (Wildman–Crippen MR) is 78.8 cm³/mol. The summed E-state index contributed by atoms with van der Waals surface area (Å²) in [7, 11) is 0. The van der Waals surface area contributed by atoms with Crippen LogP contribution in [-0.4, -0.2) is 9.97 Å². The molecule has 0 spiro atoms. The fraction of sp³-hybridized carbons (Fsp3) is 0. The van der Waals surface area contributed by atoms with Gasteiger partial charge < -0.3 is 11.5 Å². The van der Waals surface area contributed by atoms with E-state index in [1.54, 1.807) is 12.3 Å². The highest BCUT2D eigenvalue weighted by Gasteiger charge is 2.10. The highest BCUT2D eigenvalue weighted by atomic mass is 35.5. The molecule has 2 aromatic heterocycles. The molecule has 0 bridgehead atoms. The van der Waals surface area contributed by atoms with Crippen molar-refractivity contribution < 1.29 is 0 Å². The average Bonchev–Trinajstić information content (AvgIpc) is 2.38. The van der Waals surface area contributed by atoms with Gasteiger partial charge in [0.25, 0.3) is 0 Å². The van der Waals surface area contributed by atoms with Gasteiger partial charge in [-0.3, -0.25) is 4.98 Å². The van der Waals surface area contributed by atoms with Gasteiger partial charge in [-0.15, -0.1) is 0 Å². The number of benzene rings is 1. The molecule has 0 saturated carbocycles. The number of fused-ring (bicyclic) bond motifs is 1. The van der Waals surface area contributed by atoms with E-state index in [-0.39, 0.29) is 0 Å². The van der Waals surface area contributed by atoms with Gasteiger partial charge >= 0.3 is 0 Å². The first-order valence-electron chi connectivity index (χ1n) is 5.72. The molecule has 3 rings (SSSR count). The van der Waals surface area contributed by atoms with Crippen LogP contribution >= 0.6 is 11.6 Å². The van der Waals surface area contributed by atoms with Crippen molar-refractivity contribution in [2.75, 3.05) is 11.5 Å². The number of pyridine rings is 2. The summed E-state index contributed by atoms with van der Waals surface area (Å²) in [5, 5.41) is 2.64. The van der Waals surface area contributed by atoms with Crippen LogP contribution in [0.3, 0.4) is 0 Å². The fourth-order valence-electron chi connectivity index (χ4n) is 2.05. The lowest BCUT2D eigenvalue weighted by molar-refractivity contribution is 1.30. The van der Waals surface area contributed by atoms with Crippen LogP contribution in [-0.2, 0) is 0 Å². The standard InChI is InChI=1S/C14H11ClN4/c15-9-2-1-8-5-6-18-13(11(8)7-9)10-3-4-12(16)19-14(10)17/h1-7H,(H4,16,17,19). The summed E-state index contributed by atoms with van der Waals surface area (Å²) >= 11 is 6.05. The number of hydrogen-bond donors (Lipinski definition) is 2. The number of nitrogen functional groups attached to an aromatic ring is 2. The molecule has 4 nitrogen and oxygen atoms in total. The van der Waals surface area contributed by atoms with Crippen LogP contribution in [0.5, 0.6) is 0 Å². The van der Waals surface area contributed by atoms with Gasteiger partial charge in [-0.2, -0.15) is 0 Å². The Morgan fingerprint density at radius 1 is 1.00 bits per heavy atom. The molecule has 1 aromatic carbocycles. The van der Waals surface area contributed by atoms with Gasteiger partial charge in [-0.1, -0.05) is 17.7 Å². The Hall–Kier alpha value is -2.33. The van der Waals surface area contributed by atoms with Crippen LogP contribution in [0.25, 0.3) is 22.0 Å². The predicted octanol–water partition coefficient (Wildman–Crippen LogP) is 3.11. The van der Waals surface area contributed by atoms with Crippen LogP contribution in [0.15, 0.2) is 42.6 Å². The average molecular weight is 271 g/mol. The first kappa shape index (κ1) is 11.7. The van der Waals surface area contributed by atoms with Gasteiger partial charge in [0, 0.05) is 22.2 Å². The molecule has 5 heteroatoms. The summed E-state index contributed by atoms with van der Waals surface area (Å²) in [5.74, 6) is 0.750. The van der Waals surface area contributed by atoms with E-state index < -0.39 is 0 Å². The zero-order chi connectivity index (χ0) is 13.4. The van der Waals surface area contributed by atoms with E-state index >= 15 is 0 Å². The topological polar surface area (TPSA) is 77.8 Å². The first-order valence-corrected chi connectivity index (χ1v) is 6.09. The van der Waals surface area contributed by atoms with Crippen molar-refractivity contribution in [2.45, 2.75) is 0 Å². The second-order valence-electron chi connectivity index (χ2n) is 4.19.